The lowest BCUT2D eigenvalue weighted by Crippen LogP contribution is -2.52. The van der Waals surface area contributed by atoms with E-state index in [-0.39, 0.29) is 0 Å². The molecule has 1 N–H and O–H groups in total. The van der Waals surface area contributed by atoms with Gasteiger partial charge in [0.15, 0.2) is 0 Å². The van der Waals surface area contributed by atoms with Gasteiger partial charge >= 0.3 is 0 Å². The molecule has 0 amide bonds. The fourth-order valence-electron chi connectivity index (χ4n) is 3.76. The number of nitrogens with zero attached hydrogens (tertiary/aromatic N) is 2. The van der Waals surface area contributed by atoms with Crippen molar-refractivity contribution < 1.29 is 4.74 Å². The van der Waals surface area contributed by atoms with Crippen molar-refractivity contribution in [3.05, 3.63) is 0 Å². The lowest BCUT2D eigenvalue weighted by Gasteiger charge is -2.41. The molecule has 2 fully saturated rings. The van der Waals surface area contributed by atoms with E-state index in [0.29, 0.717) is 18.2 Å². The van der Waals surface area contributed by atoms with E-state index in [0.717, 1.165) is 38.7 Å². The summed E-state index contributed by atoms with van der Waals surface area (Å²) < 4.78 is 6.01. The fourth-order valence-corrected chi connectivity index (χ4v) is 3.76. The zero-order chi connectivity index (χ0) is 15.2. The average molecular weight is 297 g/mol. The molecule has 21 heavy (non-hydrogen) atoms. The minimum absolute atomic E-state index is 0.398. The van der Waals surface area contributed by atoms with Gasteiger partial charge in [-0.25, -0.2) is 0 Å². The van der Waals surface area contributed by atoms with Crippen molar-refractivity contribution in [3.63, 3.8) is 0 Å². The molecule has 3 unspecified atom stereocenters. The molecular formula is C17H35N3O. The Labute approximate surface area is 131 Å². The van der Waals surface area contributed by atoms with Crippen LogP contribution in [0.1, 0.15) is 40.5 Å². The average Bonchev–Trinajstić information content (AvgIpc) is 2.48. The quantitative estimate of drug-likeness (QED) is 0.809. The first-order chi connectivity index (χ1) is 10.1. The maximum atomic E-state index is 6.01. The van der Waals surface area contributed by atoms with Crippen molar-refractivity contribution in [1.82, 2.24) is 15.1 Å². The molecule has 2 rings (SSSR count). The highest BCUT2D eigenvalue weighted by Crippen LogP contribution is 2.21. The normalized spacial score (nSPS) is 30.7. The summed E-state index contributed by atoms with van der Waals surface area (Å²) in [7, 11) is 0. The summed E-state index contributed by atoms with van der Waals surface area (Å²) in [4.78, 5) is 5.19. The molecular weight excluding hydrogens is 262 g/mol. The van der Waals surface area contributed by atoms with Crippen LogP contribution in [-0.4, -0.2) is 73.9 Å². The highest BCUT2D eigenvalue weighted by molar-refractivity contribution is 4.83. The monoisotopic (exact) mass is 297 g/mol. The molecule has 0 saturated carbocycles. The Morgan fingerprint density at radius 3 is 2.71 bits per heavy atom. The molecule has 0 aromatic carbocycles. The summed E-state index contributed by atoms with van der Waals surface area (Å²) in [6.45, 7) is 16.9. The number of hydrogen-bond acceptors (Lipinski definition) is 4. The van der Waals surface area contributed by atoms with E-state index in [1.807, 2.05) is 0 Å². The molecule has 0 radical (unpaired) electrons. The first-order valence-corrected chi connectivity index (χ1v) is 8.91. The van der Waals surface area contributed by atoms with Crippen LogP contribution in [0, 0.1) is 5.92 Å². The topological polar surface area (TPSA) is 27.7 Å². The Morgan fingerprint density at radius 2 is 2.00 bits per heavy atom. The standard InChI is InChI=1S/C17H35N3O/c1-5-18-15(4)16-7-6-8-19(11-16)12-17-13-20(14(2)3)9-10-21-17/h14-18H,5-13H2,1-4H3. The number of hydrogen-bond donors (Lipinski definition) is 1. The second kappa shape index (κ2) is 8.47. The molecule has 0 spiro atoms. The predicted molar refractivity (Wildman–Crippen MR) is 88.8 cm³/mol. The van der Waals surface area contributed by atoms with E-state index >= 15 is 0 Å². The fraction of sp³-hybridized carbons (Fsp3) is 1.00. The van der Waals surface area contributed by atoms with Crippen LogP contribution < -0.4 is 5.32 Å². The third kappa shape index (κ3) is 5.20. The molecule has 0 aromatic heterocycles. The molecule has 4 nitrogen and oxygen atoms in total. The van der Waals surface area contributed by atoms with Gasteiger partial charge in [0, 0.05) is 38.3 Å². The second-order valence-corrected chi connectivity index (χ2v) is 7.09. The predicted octanol–water partition coefficient (Wildman–Crippen LogP) is 1.81. The van der Waals surface area contributed by atoms with Crippen LogP contribution in [0.2, 0.25) is 0 Å². The maximum absolute atomic E-state index is 6.01. The highest BCUT2D eigenvalue weighted by Gasteiger charge is 2.28. The minimum atomic E-state index is 0.398. The zero-order valence-electron chi connectivity index (χ0n) is 14.5. The van der Waals surface area contributed by atoms with Gasteiger partial charge in [-0.15, -0.1) is 0 Å². The van der Waals surface area contributed by atoms with Gasteiger partial charge in [0.25, 0.3) is 0 Å². The number of likely N-dealkylation sites (tertiary alicyclic amines) is 1. The highest BCUT2D eigenvalue weighted by atomic mass is 16.5. The zero-order valence-corrected chi connectivity index (χ0v) is 14.5. The van der Waals surface area contributed by atoms with Gasteiger partial charge in [-0.05, 0) is 52.6 Å². The lowest BCUT2D eigenvalue weighted by molar-refractivity contribution is -0.0566. The second-order valence-electron chi connectivity index (χ2n) is 7.09. The molecule has 2 aliphatic heterocycles. The summed E-state index contributed by atoms with van der Waals surface area (Å²) in [6.07, 6.45) is 3.10. The molecule has 2 heterocycles. The number of nitrogens with one attached hydrogen (secondary N) is 1. The van der Waals surface area contributed by atoms with E-state index < -0.39 is 0 Å². The van der Waals surface area contributed by atoms with Crippen molar-refractivity contribution in [2.24, 2.45) is 5.92 Å². The molecule has 2 saturated heterocycles. The van der Waals surface area contributed by atoms with Crippen LogP contribution in [0.5, 0.6) is 0 Å². The molecule has 0 aliphatic carbocycles. The molecule has 2 aliphatic rings. The van der Waals surface area contributed by atoms with Crippen LogP contribution in [-0.2, 0) is 4.74 Å². The summed E-state index contributed by atoms with van der Waals surface area (Å²) in [5.41, 5.74) is 0. The molecule has 3 atom stereocenters. The third-order valence-corrected chi connectivity index (χ3v) is 5.14. The van der Waals surface area contributed by atoms with Crippen LogP contribution in [0.15, 0.2) is 0 Å². The van der Waals surface area contributed by atoms with E-state index in [1.54, 1.807) is 0 Å². The molecule has 0 bridgehead atoms. The SMILES string of the molecule is CCNC(C)C1CCCN(CC2CN(C(C)C)CCO2)C1. The summed E-state index contributed by atoms with van der Waals surface area (Å²) in [6, 6.07) is 1.27. The Hall–Kier alpha value is -0.160. The van der Waals surface area contributed by atoms with E-state index in [4.69, 9.17) is 4.74 Å². The minimum Gasteiger partial charge on any atom is -0.374 e. The first kappa shape index (κ1) is 17.2. The third-order valence-electron chi connectivity index (χ3n) is 5.14. The summed E-state index contributed by atoms with van der Waals surface area (Å²) in [5.74, 6) is 0.795. The van der Waals surface area contributed by atoms with Crippen molar-refractivity contribution in [2.45, 2.75) is 58.7 Å². The number of piperidine rings is 1. The van der Waals surface area contributed by atoms with Crippen LogP contribution in [0.25, 0.3) is 0 Å². The van der Waals surface area contributed by atoms with Crippen molar-refractivity contribution in [2.75, 3.05) is 45.9 Å². The van der Waals surface area contributed by atoms with Gasteiger partial charge in [-0.2, -0.15) is 0 Å². The van der Waals surface area contributed by atoms with Crippen molar-refractivity contribution in [3.8, 4) is 0 Å². The van der Waals surface area contributed by atoms with Crippen LogP contribution >= 0.6 is 0 Å². The Bertz CT molecular complexity index is 298. The lowest BCUT2D eigenvalue weighted by atomic mass is 9.91. The summed E-state index contributed by atoms with van der Waals surface area (Å²) >= 11 is 0. The van der Waals surface area contributed by atoms with Crippen molar-refractivity contribution >= 4 is 0 Å². The Balaban J connectivity index is 1.79. The Morgan fingerprint density at radius 1 is 1.19 bits per heavy atom. The van der Waals surface area contributed by atoms with Gasteiger partial charge in [0.05, 0.1) is 12.7 Å². The van der Waals surface area contributed by atoms with Crippen LogP contribution in [0.3, 0.4) is 0 Å². The smallest absolute Gasteiger partial charge is 0.0829 e. The number of morpholine rings is 1. The van der Waals surface area contributed by atoms with Gasteiger partial charge in [-0.3, -0.25) is 4.90 Å². The molecule has 124 valence electrons. The number of rotatable bonds is 6. The Kier molecular flexibility index (Phi) is 6.93. The largest absolute Gasteiger partial charge is 0.374 e. The van der Waals surface area contributed by atoms with Gasteiger partial charge < -0.3 is 15.0 Å². The number of ether oxygens (including phenoxy) is 1. The molecule has 4 heteroatoms. The van der Waals surface area contributed by atoms with Crippen molar-refractivity contribution in [1.29, 1.82) is 0 Å². The van der Waals surface area contributed by atoms with Gasteiger partial charge in [-0.1, -0.05) is 6.92 Å². The maximum Gasteiger partial charge on any atom is 0.0829 e. The van der Waals surface area contributed by atoms with E-state index in [2.05, 4.69) is 42.8 Å². The first-order valence-electron chi connectivity index (χ1n) is 8.91. The van der Waals surface area contributed by atoms with E-state index in [9.17, 15) is 0 Å². The summed E-state index contributed by atoms with van der Waals surface area (Å²) in [5, 5.41) is 3.60. The van der Waals surface area contributed by atoms with Gasteiger partial charge in [0.2, 0.25) is 0 Å². The van der Waals surface area contributed by atoms with Crippen LogP contribution in [0.4, 0.5) is 0 Å². The van der Waals surface area contributed by atoms with E-state index in [1.165, 1.54) is 25.9 Å². The van der Waals surface area contributed by atoms with Gasteiger partial charge in [0.1, 0.15) is 0 Å². The molecule has 0 aromatic rings.